The van der Waals surface area contributed by atoms with Gasteiger partial charge in [0.05, 0.1) is 10.9 Å². The van der Waals surface area contributed by atoms with Gasteiger partial charge in [0.2, 0.25) is 5.52 Å². The van der Waals surface area contributed by atoms with Crippen molar-refractivity contribution in [1.82, 2.24) is 9.97 Å². The maximum absolute atomic E-state index is 11.7. The zero-order valence-electron chi connectivity index (χ0n) is 18.2. The van der Waals surface area contributed by atoms with Crippen LogP contribution in [0.15, 0.2) is 66.9 Å². The van der Waals surface area contributed by atoms with Crippen LogP contribution >= 0.6 is 11.6 Å². The van der Waals surface area contributed by atoms with Crippen molar-refractivity contribution in [2.24, 2.45) is 0 Å². The molecule has 0 aliphatic heterocycles. The maximum Gasteiger partial charge on any atom is 0.211 e. The van der Waals surface area contributed by atoms with Crippen LogP contribution in [0.3, 0.4) is 0 Å². The molecule has 4 nitrogen and oxygen atoms in total. The van der Waals surface area contributed by atoms with Crippen molar-refractivity contribution in [2.75, 3.05) is 0 Å². The molecule has 6 heteroatoms. The second kappa shape index (κ2) is 9.26. The van der Waals surface area contributed by atoms with E-state index in [-0.39, 0.29) is 18.2 Å². The number of halogens is 2. The third-order valence-corrected chi connectivity index (χ3v) is 6.01. The van der Waals surface area contributed by atoms with E-state index in [4.69, 9.17) is 11.6 Å². The van der Waals surface area contributed by atoms with E-state index in [1.807, 2.05) is 68.5 Å². The highest BCUT2D eigenvalue weighted by molar-refractivity contribution is 6.35. The SMILES string of the molecule is Cc1ccc2c(ccc3c(Cl)nccc32)n1.Cc1ccc2c3c(ccc2[nH+]1)C(=O)CC=C3.[Cl-]. The number of aromatic amines is 1. The molecule has 1 aliphatic carbocycles. The number of nitrogens with zero attached hydrogens (tertiary/aromatic N) is 2. The Morgan fingerprint density at radius 1 is 0.879 bits per heavy atom. The summed E-state index contributed by atoms with van der Waals surface area (Å²) in [7, 11) is 0. The lowest BCUT2D eigenvalue weighted by atomic mass is 9.93. The molecule has 0 saturated heterocycles. The Kier molecular flexibility index (Phi) is 6.41. The Morgan fingerprint density at radius 2 is 1.67 bits per heavy atom. The molecule has 2 aromatic carbocycles. The predicted molar refractivity (Wildman–Crippen MR) is 130 cm³/mol. The Morgan fingerprint density at radius 3 is 2.52 bits per heavy atom. The Hall–Kier alpha value is -3.34. The van der Waals surface area contributed by atoms with Crippen LogP contribution in [0.1, 0.15) is 33.7 Å². The molecule has 3 aromatic heterocycles. The molecule has 0 fully saturated rings. The minimum atomic E-state index is 0. The zero-order chi connectivity index (χ0) is 22.2. The van der Waals surface area contributed by atoms with Gasteiger partial charge in [-0.15, -0.1) is 0 Å². The van der Waals surface area contributed by atoms with Crippen LogP contribution in [0.25, 0.3) is 38.7 Å². The average molecular weight is 474 g/mol. The number of hydrogen-bond acceptors (Lipinski definition) is 3. The lowest BCUT2D eigenvalue weighted by Crippen LogP contribution is -3.00. The van der Waals surface area contributed by atoms with Crippen molar-refractivity contribution in [3.05, 3.63) is 94.5 Å². The van der Waals surface area contributed by atoms with E-state index in [1.54, 1.807) is 6.20 Å². The summed E-state index contributed by atoms with van der Waals surface area (Å²) in [6.07, 6.45) is 6.23. The molecule has 6 rings (SSSR count). The lowest BCUT2D eigenvalue weighted by Gasteiger charge is -2.09. The number of Topliss-reactive ketones (excluding diaryl/α,β-unsaturated/α-hetero) is 1. The highest BCUT2D eigenvalue weighted by Crippen LogP contribution is 2.28. The Bertz CT molecular complexity index is 1560. The fraction of sp³-hybridized carbons (Fsp3) is 0.111. The molecular formula is C27H21Cl2N3O. The first-order valence-corrected chi connectivity index (χ1v) is 10.8. The molecule has 5 aromatic rings. The van der Waals surface area contributed by atoms with E-state index >= 15 is 0 Å². The molecule has 164 valence electrons. The second-order valence-corrected chi connectivity index (χ2v) is 8.30. The van der Waals surface area contributed by atoms with Gasteiger partial charge in [-0.3, -0.25) is 9.78 Å². The normalized spacial score (nSPS) is 12.3. The number of aromatic nitrogens is 3. The van der Waals surface area contributed by atoms with Gasteiger partial charge in [0.15, 0.2) is 11.5 Å². The van der Waals surface area contributed by atoms with Crippen molar-refractivity contribution in [1.29, 1.82) is 0 Å². The Labute approximate surface area is 202 Å². The van der Waals surface area contributed by atoms with Crippen LogP contribution in [-0.4, -0.2) is 15.8 Å². The number of carbonyl (C=O) groups is 1. The molecule has 0 amide bonds. The second-order valence-electron chi connectivity index (χ2n) is 7.94. The van der Waals surface area contributed by atoms with E-state index in [0.29, 0.717) is 11.6 Å². The van der Waals surface area contributed by atoms with Gasteiger partial charge in [0.1, 0.15) is 5.15 Å². The monoisotopic (exact) mass is 473 g/mol. The number of benzene rings is 2. The van der Waals surface area contributed by atoms with Crippen molar-refractivity contribution >= 4 is 56.0 Å². The highest BCUT2D eigenvalue weighted by Gasteiger charge is 2.17. The first-order valence-electron chi connectivity index (χ1n) is 10.5. The van der Waals surface area contributed by atoms with Crippen LogP contribution < -0.4 is 17.4 Å². The van der Waals surface area contributed by atoms with Crippen LogP contribution in [0.2, 0.25) is 5.15 Å². The summed E-state index contributed by atoms with van der Waals surface area (Å²) in [6, 6.07) is 18.0. The van der Waals surface area contributed by atoms with Gasteiger partial charge in [-0.25, -0.2) is 9.97 Å². The number of allylic oxidation sites excluding steroid dienone is 1. The fourth-order valence-corrected chi connectivity index (χ4v) is 4.36. The maximum atomic E-state index is 11.7. The number of aryl methyl sites for hydroxylation is 2. The molecule has 0 unspecified atom stereocenters. The quantitative estimate of drug-likeness (QED) is 0.256. The summed E-state index contributed by atoms with van der Waals surface area (Å²) >= 11 is 6.06. The summed E-state index contributed by atoms with van der Waals surface area (Å²) in [4.78, 5) is 23.6. The number of hydrogen-bond donors (Lipinski definition) is 0. The number of pyridine rings is 3. The summed E-state index contributed by atoms with van der Waals surface area (Å²) in [5.74, 6) is 0.208. The molecule has 3 heterocycles. The minimum absolute atomic E-state index is 0. The summed E-state index contributed by atoms with van der Waals surface area (Å²) in [5, 5.41) is 4.85. The largest absolute Gasteiger partial charge is 1.00 e. The number of fused-ring (bicyclic) bond motifs is 6. The highest BCUT2D eigenvalue weighted by atomic mass is 35.5. The number of H-pyrrole nitrogens is 1. The third kappa shape index (κ3) is 4.32. The zero-order valence-corrected chi connectivity index (χ0v) is 19.7. The van der Waals surface area contributed by atoms with Crippen LogP contribution in [0, 0.1) is 13.8 Å². The van der Waals surface area contributed by atoms with Gasteiger partial charge < -0.3 is 12.4 Å². The van der Waals surface area contributed by atoms with Gasteiger partial charge in [-0.2, -0.15) is 0 Å². The topological polar surface area (TPSA) is 57.0 Å². The molecule has 0 spiro atoms. The number of ketones is 1. The molecule has 33 heavy (non-hydrogen) atoms. The number of rotatable bonds is 0. The van der Waals surface area contributed by atoms with Gasteiger partial charge >= 0.3 is 0 Å². The standard InChI is InChI=1S/C14H11NO.C13H9ClN2.ClH/c1-9-5-6-11-10-3-2-4-14(16)12(10)7-8-13(11)15-9;1-8-2-3-10-9-6-7-15-13(14)11(9)4-5-12(10)16-8;/h2-3,5-8H,4H2,1H3;2-7H,1H3;1H. The van der Waals surface area contributed by atoms with Gasteiger partial charge in [0.25, 0.3) is 0 Å². The van der Waals surface area contributed by atoms with Gasteiger partial charge in [0, 0.05) is 53.7 Å². The summed E-state index contributed by atoms with van der Waals surface area (Å²) < 4.78 is 0. The van der Waals surface area contributed by atoms with Crippen molar-refractivity contribution in [2.45, 2.75) is 20.3 Å². The molecule has 0 bridgehead atoms. The summed E-state index contributed by atoms with van der Waals surface area (Å²) in [5.41, 5.74) is 6.11. The third-order valence-electron chi connectivity index (χ3n) is 5.71. The van der Waals surface area contributed by atoms with Gasteiger partial charge in [-0.1, -0.05) is 29.8 Å². The van der Waals surface area contributed by atoms with Crippen molar-refractivity contribution < 1.29 is 22.2 Å². The summed E-state index contributed by atoms with van der Waals surface area (Å²) in [6.45, 7) is 4.02. The molecule has 0 saturated carbocycles. The predicted octanol–water partition coefficient (Wildman–Crippen LogP) is 3.31. The van der Waals surface area contributed by atoms with E-state index in [1.165, 1.54) is 0 Å². The molecular weight excluding hydrogens is 453 g/mol. The van der Waals surface area contributed by atoms with Crippen LogP contribution in [-0.2, 0) is 0 Å². The van der Waals surface area contributed by atoms with Crippen molar-refractivity contribution in [3.63, 3.8) is 0 Å². The van der Waals surface area contributed by atoms with Gasteiger partial charge in [-0.05, 0) is 54.3 Å². The Balaban J connectivity index is 0.000000152. The van der Waals surface area contributed by atoms with E-state index in [0.717, 1.165) is 55.1 Å². The van der Waals surface area contributed by atoms with E-state index < -0.39 is 0 Å². The average Bonchev–Trinajstić information content (AvgIpc) is 2.79. The van der Waals surface area contributed by atoms with E-state index in [9.17, 15) is 4.79 Å². The molecule has 0 atom stereocenters. The molecule has 1 N–H and O–H groups in total. The molecule has 1 aliphatic rings. The van der Waals surface area contributed by atoms with Crippen LogP contribution in [0.4, 0.5) is 0 Å². The van der Waals surface area contributed by atoms with Crippen molar-refractivity contribution in [3.8, 4) is 0 Å². The van der Waals surface area contributed by atoms with E-state index in [2.05, 4.69) is 27.1 Å². The molecule has 0 radical (unpaired) electrons. The smallest absolute Gasteiger partial charge is 0.211 e. The van der Waals surface area contributed by atoms with Crippen LogP contribution in [0.5, 0.6) is 0 Å². The minimum Gasteiger partial charge on any atom is -1.00 e. The first-order chi connectivity index (χ1) is 15.5. The first kappa shape index (κ1) is 22.8. The number of carbonyl (C=O) groups excluding carboxylic acids is 1. The number of nitrogens with one attached hydrogen (secondary N) is 1. The fourth-order valence-electron chi connectivity index (χ4n) is 4.14. The lowest BCUT2D eigenvalue weighted by molar-refractivity contribution is -0.354.